The van der Waals surface area contributed by atoms with Crippen molar-refractivity contribution in [1.82, 2.24) is 0 Å². The second-order valence-corrected chi connectivity index (χ2v) is 13.0. The summed E-state index contributed by atoms with van der Waals surface area (Å²) in [5.74, 6) is 0. The molecule has 0 fully saturated rings. The van der Waals surface area contributed by atoms with Gasteiger partial charge in [-0.3, -0.25) is 0 Å². The monoisotopic (exact) mass is 562 g/mol. The first-order valence-corrected chi connectivity index (χ1v) is 15.5. The van der Waals surface area contributed by atoms with Gasteiger partial charge in [0.25, 0.3) is 0 Å². The van der Waals surface area contributed by atoms with E-state index in [2.05, 4.69) is 172 Å². The van der Waals surface area contributed by atoms with Crippen molar-refractivity contribution in [3.05, 3.63) is 157 Å². The first-order valence-electron chi connectivity index (χ1n) is 15.5. The smallest absolute Gasteiger partial charge is 0.00134 e. The van der Waals surface area contributed by atoms with Crippen LogP contribution in [-0.4, -0.2) is 0 Å². The lowest BCUT2D eigenvalue weighted by molar-refractivity contribution is 0.592. The molecule has 0 amide bonds. The molecule has 0 bridgehead atoms. The van der Waals surface area contributed by atoms with Crippen LogP contribution in [0.2, 0.25) is 0 Å². The summed E-state index contributed by atoms with van der Waals surface area (Å²) in [4.78, 5) is 0. The Morgan fingerprint density at radius 2 is 0.591 bits per heavy atom. The number of hydrogen-bond acceptors (Lipinski definition) is 0. The predicted octanol–water partition coefficient (Wildman–Crippen LogP) is 12.5. The molecule has 0 saturated heterocycles. The van der Waals surface area contributed by atoms with Crippen LogP contribution in [0, 0.1) is 0 Å². The number of hydrogen-bond donors (Lipinski definition) is 0. The summed E-state index contributed by atoms with van der Waals surface area (Å²) in [6, 6.07) is 55.9. The lowest BCUT2D eigenvalue weighted by atomic mass is 9.78. The first kappa shape index (κ1) is 26.4. The highest BCUT2D eigenvalue weighted by atomic mass is 14.3. The maximum absolute atomic E-state index is 2.47. The quantitative estimate of drug-likeness (QED) is 0.187. The summed E-state index contributed by atoms with van der Waals surface area (Å²) in [5.41, 5.74) is 11.4. The Morgan fingerprint density at radius 3 is 0.886 bits per heavy atom. The van der Waals surface area contributed by atoms with Crippen molar-refractivity contribution in [1.29, 1.82) is 0 Å². The molecule has 0 radical (unpaired) electrons. The predicted molar refractivity (Wildman–Crippen MR) is 191 cm³/mol. The molecule has 0 spiro atoms. The van der Waals surface area contributed by atoms with Gasteiger partial charge in [-0.25, -0.2) is 0 Å². The second kappa shape index (κ2) is 10.2. The van der Waals surface area contributed by atoms with Gasteiger partial charge in [-0.2, -0.15) is 0 Å². The molecule has 0 aliphatic rings. The molecular formula is C44H34. The lowest BCUT2D eigenvalue weighted by Gasteiger charge is -2.26. The third kappa shape index (κ3) is 4.29. The van der Waals surface area contributed by atoms with Crippen LogP contribution in [0.25, 0.3) is 76.8 Å². The van der Waals surface area contributed by atoms with Gasteiger partial charge < -0.3 is 0 Å². The highest BCUT2D eigenvalue weighted by Crippen LogP contribution is 2.50. The molecule has 0 heterocycles. The van der Waals surface area contributed by atoms with Gasteiger partial charge in [-0.1, -0.05) is 142 Å². The van der Waals surface area contributed by atoms with E-state index in [-0.39, 0.29) is 5.41 Å². The Kier molecular flexibility index (Phi) is 6.13. The molecule has 8 aromatic rings. The summed E-state index contributed by atoms with van der Waals surface area (Å²) >= 11 is 0. The maximum Gasteiger partial charge on any atom is -0.00134 e. The van der Waals surface area contributed by atoms with Gasteiger partial charge in [-0.15, -0.1) is 0 Å². The molecule has 8 rings (SSSR count). The van der Waals surface area contributed by atoms with Gasteiger partial charge in [-0.05, 0) is 118 Å². The second-order valence-electron chi connectivity index (χ2n) is 13.0. The zero-order valence-electron chi connectivity index (χ0n) is 25.4. The third-order valence-electron chi connectivity index (χ3n) is 9.16. The third-order valence-corrected chi connectivity index (χ3v) is 9.16. The molecular weight excluding hydrogens is 528 g/mol. The summed E-state index contributed by atoms with van der Waals surface area (Å²) in [6.45, 7) is 6.97. The average Bonchev–Trinajstić information content (AvgIpc) is 3.07. The summed E-state index contributed by atoms with van der Waals surface area (Å²) in [7, 11) is 0. The van der Waals surface area contributed by atoms with E-state index < -0.39 is 0 Å². The van der Waals surface area contributed by atoms with Gasteiger partial charge >= 0.3 is 0 Å². The first-order chi connectivity index (χ1) is 21.5. The van der Waals surface area contributed by atoms with Gasteiger partial charge in [0.2, 0.25) is 0 Å². The fraction of sp³-hybridized carbons (Fsp3) is 0.0909. The van der Waals surface area contributed by atoms with Gasteiger partial charge in [0.1, 0.15) is 0 Å². The Bertz CT molecular complexity index is 2100. The van der Waals surface area contributed by atoms with E-state index in [0.29, 0.717) is 0 Å². The lowest BCUT2D eigenvalue weighted by Crippen LogP contribution is -2.11. The van der Waals surface area contributed by atoms with Crippen LogP contribution < -0.4 is 0 Å². The minimum absolute atomic E-state index is 0.00321. The Hall–Kier alpha value is -5.20. The summed E-state index contributed by atoms with van der Waals surface area (Å²) in [6.07, 6.45) is 0. The highest BCUT2D eigenvalue weighted by Gasteiger charge is 2.24. The molecule has 0 saturated carbocycles. The average molecular weight is 563 g/mol. The molecule has 0 N–H and O–H groups in total. The van der Waals surface area contributed by atoms with E-state index in [0.717, 1.165) is 0 Å². The van der Waals surface area contributed by atoms with E-state index in [4.69, 9.17) is 0 Å². The molecule has 0 heteroatoms. The van der Waals surface area contributed by atoms with E-state index in [1.807, 2.05) is 0 Å². The molecule has 8 aromatic carbocycles. The Morgan fingerprint density at radius 1 is 0.318 bits per heavy atom. The molecule has 210 valence electrons. The highest BCUT2D eigenvalue weighted by molar-refractivity contribution is 6.33. The molecule has 0 nitrogen and oxygen atoms in total. The minimum Gasteiger partial charge on any atom is -0.0622 e. The van der Waals surface area contributed by atoms with Crippen LogP contribution in [0.5, 0.6) is 0 Å². The molecule has 0 aliphatic carbocycles. The maximum atomic E-state index is 2.47. The van der Waals surface area contributed by atoms with E-state index in [9.17, 15) is 0 Å². The zero-order chi connectivity index (χ0) is 29.8. The van der Waals surface area contributed by atoms with Crippen molar-refractivity contribution in [3.63, 3.8) is 0 Å². The van der Waals surface area contributed by atoms with E-state index in [1.54, 1.807) is 0 Å². The van der Waals surface area contributed by atoms with Gasteiger partial charge in [0, 0.05) is 0 Å². The standard InChI is InChI=1S/C44H34/c1-44(2,3)33-24-38-36(31-20-12-6-13-21-31)27-40-34(29-16-8-4-9-17-29)26-35(30-18-10-5-11-19-30)41-28-37(32-22-14-7-15-23-32)39(25-33)42(38)43(40)41/h4-28H,1-3H3. The minimum atomic E-state index is -0.00321. The van der Waals surface area contributed by atoms with Crippen molar-refractivity contribution in [2.75, 3.05) is 0 Å². The van der Waals surface area contributed by atoms with Crippen molar-refractivity contribution in [2.24, 2.45) is 0 Å². The van der Waals surface area contributed by atoms with Gasteiger partial charge in [0.15, 0.2) is 0 Å². The van der Waals surface area contributed by atoms with Crippen molar-refractivity contribution in [3.8, 4) is 44.5 Å². The van der Waals surface area contributed by atoms with Gasteiger partial charge in [0.05, 0.1) is 0 Å². The number of rotatable bonds is 4. The summed E-state index contributed by atoms with van der Waals surface area (Å²) in [5, 5.41) is 7.92. The summed E-state index contributed by atoms with van der Waals surface area (Å²) < 4.78 is 0. The van der Waals surface area contributed by atoms with Crippen molar-refractivity contribution in [2.45, 2.75) is 26.2 Å². The van der Waals surface area contributed by atoms with E-state index in [1.165, 1.54) is 82.4 Å². The fourth-order valence-corrected chi connectivity index (χ4v) is 6.92. The van der Waals surface area contributed by atoms with Crippen LogP contribution in [0.3, 0.4) is 0 Å². The zero-order valence-corrected chi connectivity index (χ0v) is 25.4. The fourth-order valence-electron chi connectivity index (χ4n) is 6.92. The Balaban J connectivity index is 1.66. The molecule has 44 heavy (non-hydrogen) atoms. The SMILES string of the molecule is CC(C)(C)c1cc2c(-c3ccccc3)cc3c(-c4ccccc4)cc(-c4ccccc4)c4cc(-c5ccccc5)c(c1)c2c34. The molecule has 0 unspecified atom stereocenters. The van der Waals surface area contributed by atoms with Crippen LogP contribution in [0.1, 0.15) is 26.3 Å². The van der Waals surface area contributed by atoms with Crippen molar-refractivity contribution < 1.29 is 0 Å². The molecule has 0 atom stereocenters. The van der Waals surface area contributed by atoms with Crippen LogP contribution >= 0.6 is 0 Å². The Labute approximate surface area is 259 Å². The normalized spacial score (nSPS) is 12.0. The van der Waals surface area contributed by atoms with Crippen LogP contribution in [0.4, 0.5) is 0 Å². The molecule has 0 aliphatic heterocycles. The largest absolute Gasteiger partial charge is 0.0622 e. The van der Waals surface area contributed by atoms with Crippen LogP contribution in [-0.2, 0) is 5.41 Å². The molecule has 0 aromatic heterocycles. The van der Waals surface area contributed by atoms with E-state index >= 15 is 0 Å². The topological polar surface area (TPSA) is 0 Å². The number of benzene rings is 8. The van der Waals surface area contributed by atoms with Crippen LogP contribution in [0.15, 0.2) is 152 Å². The van der Waals surface area contributed by atoms with Crippen molar-refractivity contribution >= 4 is 32.3 Å².